The molecule has 0 saturated carbocycles. The number of nitrogens with two attached hydrogens (primary N) is 1. The molecule has 4 N–H and O–H groups in total. The van der Waals surface area contributed by atoms with Gasteiger partial charge in [0, 0.05) is 19.0 Å². The van der Waals surface area contributed by atoms with Crippen LogP contribution < -0.4 is 11.1 Å². The minimum absolute atomic E-state index is 0.212. The summed E-state index contributed by atoms with van der Waals surface area (Å²) in [6, 6.07) is -0.212. The van der Waals surface area contributed by atoms with Crippen LogP contribution in [-0.4, -0.2) is 29.8 Å². The smallest absolute Gasteiger partial charge is 0.400 e. The van der Waals surface area contributed by atoms with E-state index in [2.05, 4.69) is 16.4 Å². The monoisotopic (exact) mass is 251 g/mol. The first-order valence-corrected chi connectivity index (χ1v) is 5.07. The Morgan fingerprint density at radius 3 is 2.53 bits per heavy atom. The molecule has 0 aliphatic heterocycles. The standard InChI is InChI=1S/C10H16F3N3O/c1-3-5-7(4-2)15-6-8(9(14)16-17)10(11,12)13/h1,7-8,15,17H,4-6H2,2H3,(H2,14,16). The molecule has 4 nitrogen and oxygen atoms in total. The summed E-state index contributed by atoms with van der Waals surface area (Å²) in [5.74, 6) is -0.505. The minimum atomic E-state index is -4.56. The van der Waals surface area contributed by atoms with Gasteiger partial charge in [0.05, 0.1) is 0 Å². The van der Waals surface area contributed by atoms with E-state index in [9.17, 15) is 13.2 Å². The lowest BCUT2D eigenvalue weighted by Crippen LogP contribution is -2.45. The van der Waals surface area contributed by atoms with Gasteiger partial charge in [0.2, 0.25) is 0 Å². The average molecular weight is 251 g/mol. The third-order valence-corrected chi connectivity index (χ3v) is 2.34. The Bertz CT molecular complexity index is 296. The second-order valence-corrected chi connectivity index (χ2v) is 3.54. The SMILES string of the molecule is C#CCC(CC)NCC(C(N)=NO)C(F)(F)F. The Morgan fingerprint density at radius 2 is 2.18 bits per heavy atom. The molecule has 0 spiro atoms. The van der Waals surface area contributed by atoms with Crippen LogP contribution in [0, 0.1) is 18.3 Å². The van der Waals surface area contributed by atoms with Crippen LogP contribution >= 0.6 is 0 Å². The first-order chi connectivity index (χ1) is 7.86. The van der Waals surface area contributed by atoms with Crippen molar-refractivity contribution >= 4 is 5.84 Å². The maximum Gasteiger partial charge on any atom is 0.400 e. The van der Waals surface area contributed by atoms with Crippen molar-refractivity contribution in [3.05, 3.63) is 0 Å². The quantitative estimate of drug-likeness (QED) is 0.219. The Balaban J connectivity index is 4.52. The molecule has 0 aromatic rings. The highest BCUT2D eigenvalue weighted by molar-refractivity contribution is 5.83. The Labute approximate surface area is 98.1 Å². The van der Waals surface area contributed by atoms with Gasteiger partial charge in [0.25, 0.3) is 0 Å². The predicted molar refractivity (Wildman–Crippen MR) is 58.5 cm³/mol. The maximum atomic E-state index is 12.5. The van der Waals surface area contributed by atoms with E-state index >= 15 is 0 Å². The van der Waals surface area contributed by atoms with Gasteiger partial charge in [-0.3, -0.25) is 0 Å². The van der Waals surface area contributed by atoms with Crippen LogP contribution in [0.5, 0.6) is 0 Å². The number of oxime groups is 1. The number of terminal acetylenes is 1. The third kappa shape index (κ3) is 5.45. The number of amidine groups is 1. The average Bonchev–Trinajstić information content (AvgIpc) is 2.25. The van der Waals surface area contributed by atoms with E-state index in [0.29, 0.717) is 12.8 Å². The van der Waals surface area contributed by atoms with Gasteiger partial charge in [-0.15, -0.1) is 12.3 Å². The molecule has 0 heterocycles. The molecule has 0 radical (unpaired) electrons. The molecular weight excluding hydrogens is 235 g/mol. The maximum absolute atomic E-state index is 12.5. The van der Waals surface area contributed by atoms with Gasteiger partial charge in [0.15, 0.2) is 5.84 Å². The molecule has 0 aliphatic rings. The summed E-state index contributed by atoms with van der Waals surface area (Å²) in [4.78, 5) is 0. The van der Waals surface area contributed by atoms with Crippen molar-refractivity contribution in [1.82, 2.24) is 5.32 Å². The Morgan fingerprint density at radius 1 is 1.59 bits per heavy atom. The van der Waals surface area contributed by atoms with Gasteiger partial charge in [-0.25, -0.2) is 0 Å². The van der Waals surface area contributed by atoms with Gasteiger partial charge in [-0.2, -0.15) is 13.2 Å². The minimum Gasteiger partial charge on any atom is -0.409 e. The lowest BCUT2D eigenvalue weighted by atomic mass is 10.1. The molecule has 0 aromatic heterocycles. The largest absolute Gasteiger partial charge is 0.409 e. The normalized spacial score (nSPS) is 16.3. The molecule has 0 aliphatic carbocycles. The van der Waals surface area contributed by atoms with Crippen LogP contribution in [0.3, 0.4) is 0 Å². The molecule has 0 aromatic carbocycles. The molecular formula is C10H16F3N3O. The van der Waals surface area contributed by atoms with E-state index in [1.807, 2.05) is 0 Å². The molecule has 98 valence electrons. The third-order valence-electron chi connectivity index (χ3n) is 2.34. The number of rotatable bonds is 6. The summed E-state index contributed by atoms with van der Waals surface area (Å²) in [6.07, 6.45) is 1.46. The van der Waals surface area contributed by atoms with E-state index < -0.39 is 24.5 Å². The number of alkyl halides is 3. The fourth-order valence-corrected chi connectivity index (χ4v) is 1.25. The highest BCUT2D eigenvalue weighted by Crippen LogP contribution is 2.26. The van der Waals surface area contributed by atoms with E-state index in [1.54, 1.807) is 6.92 Å². The van der Waals surface area contributed by atoms with Crippen LogP contribution in [0.4, 0.5) is 13.2 Å². The van der Waals surface area contributed by atoms with Crippen molar-refractivity contribution in [2.75, 3.05) is 6.54 Å². The molecule has 0 bridgehead atoms. The topological polar surface area (TPSA) is 70.6 Å². The van der Waals surface area contributed by atoms with Crippen molar-refractivity contribution in [1.29, 1.82) is 0 Å². The van der Waals surface area contributed by atoms with E-state index in [4.69, 9.17) is 17.4 Å². The first-order valence-electron chi connectivity index (χ1n) is 5.07. The van der Waals surface area contributed by atoms with Gasteiger partial charge in [-0.05, 0) is 6.42 Å². The number of nitrogens with zero attached hydrogens (tertiary/aromatic N) is 1. The van der Waals surface area contributed by atoms with Gasteiger partial charge >= 0.3 is 6.18 Å². The second-order valence-electron chi connectivity index (χ2n) is 3.54. The van der Waals surface area contributed by atoms with Crippen molar-refractivity contribution in [3.8, 4) is 12.3 Å². The predicted octanol–water partition coefficient (Wildman–Crippen LogP) is 1.30. The molecule has 0 fully saturated rings. The van der Waals surface area contributed by atoms with Gasteiger partial charge in [-0.1, -0.05) is 12.1 Å². The number of halogens is 3. The van der Waals surface area contributed by atoms with Crippen molar-refractivity contribution < 1.29 is 18.4 Å². The summed E-state index contributed by atoms with van der Waals surface area (Å²) in [7, 11) is 0. The number of hydrogen-bond donors (Lipinski definition) is 3. The number of hydrogen-bond acceptors (Lipinski definition) is 3. The Hall–Kier alpha value is -1.42. The van der Waals surface area contributed by atoms with Crippen LogP contribution in [-0.2, 0) is 0 Å². The summed E-state index contributed by atoms with van der Waals surface area (Å²) in [6.45, 7) is 1.35. The number of nitrogens with one attached hydrogen (secondary N) is 1. The fourth-order valence-electron chi connectivity index (χ4n) is 1.25. The summed E-state index contributed by atoms with van der Waals surface area (Å²) in [5, 5.41) is 13.4. The lowest BCUT2D eigenvalue weighted by Gasteiger charge is -2.22. The fraction of sp³-hybridized carbons (Fsp3) is 0.700. The van der Waals surface area contributed by atoms with Crippen molar-refractivity contribution in [2.24, 2.45) is 16.8 Å². The van der Waals surface area contributed by atoms with Crippen LogP contribution in [0.1, 0.15) is 19.8 Å². The second kappa shape index (κ2) is 7.01. The van der Waals surface area contributed by atoms with Crippen molar-refractivity contribution in [2.45, 2.75) is 32.0 Å². The molecule has 2 unspecified atom stereocenters. The molecule has 2 atom stereocenters. The molecule has 0 amide bonds. The first kappa shape index (κ1) is 15.6. The molecule has 0 rings (SSSR count). The molecule has 17 heavy (non-hydrogen) atoms. The van der Waals surface area contributed by atoms with Crippen LogP contribution in [0.15, 0.2) is 5.16 Å². The van der Waals surface area contributed by atoms with Crippen LogP contribution in [0.25, 0.3) is 0 Å². The molecule has 0 saturated heterocycles. The highest BCUT2D eigenvalue weighted by Gasteiger charge is 2.42. The van der Waals surface area contributed by atoms with E-state index in [1.165, 1.54) is 0 Å². The van der Waals surface area contributed by atoms with Crippen molar-refractivity contribution in [3.63, 3.8) is 0 Å². The summed E-state index contributed by atoms with van der Waals surface area (Å²) < 4.78 is 37.6. The zero-order valence-electron chi connectivity index (χ0n) is 9.46. The van der Waals surface area contributed by atoms with Gasteiger partial charge in [0.1, 0.15) is 5.92 Å². The summed E-state index contributed by atoms with van der Waals surface area (Å²) >= 11 is 0. The lowest BCUT2D eigenvalue weighted by molar-refractivity contribution is -0.155. The van der Waals surface area contributed by atoms with Gasteiger partial charge < -0.3 is 16.3 Å². The Kier molecular flexibility index (Phi) is 6.43. The molecule has 7 heteroatoms. The van der Waals surface area contributed by atoms with E-state index in [-0.39, 0.29) is 6.04 Å². The zero-order valence-corrected chi connectivity index (χ0v) is 9.46. The van der Waals surface area contributed by atoms with Crippen LogP contribution in [0.2, 0.25) is 0 Å². The zero-order chi connectivity index (χ0) is 13.5. The van der Waals surface area contributed by atoms with E-state index in [0.717, 1.165) is 0 Å². The highest BCUT2D eigenvalue weighted by atomic mass is 19.4. The summed E-state index contributed by atoms with van der Waals surface area (Å²) in [5.41, 5.74) is 5.00.